The number of aromatic nitrogens is 1. The highest BCUT2D eigenvalue weighted by Crippen LogP contribution is 2.42. The molecule has 3 aliphatic rings. The van der Waals surface area contributed by atoms with Gasteiger partial charge in [-0.15, -0.1) is 0 Å². The van der Waals surface area contributed by atoms with Crippen molar-refractivity contribution < 1.29 is 37.3 Å². The lowest BCUT2D eigenvalue weighted by atomic mass is 9.78. The van der Waals surface area contributed by atoms with Crippen LogP contribution in [0.4, 0.5) is 13.2 Å². The van der Waals surface area contributed by atoms with Gasteiger partial charge in [-0.3, -0.25) is 9.78 Å². The molecule has 3 fully saturated rings. The molecule has 1 N–H and O–H groups in total. The SMILES string of the molecule is O=C(O)C(F)(F)F.O=C(c1ccnc2ccccc12)N1CC2(C1)OCCC2CCOCC1CC1. The van der Waals surface area contributed by atoms with Crippen LogP contribution in [0.5, 0.6) is 0 Å². The number of halogens is 3. The maximum Gasteiger partial charge on any atom is 0.490 e. The number of fused-ring (bicyclic) bond motifs is 1. The van der Waals surface area contributed by atoms with E-state index in [1.165, 1.54) is 12.8 Å². The van der Waals surface area contributed by atoms with E-state index in [2.05, 4.69) is 4.98 Å². The van der Waals surface area contributed by atoms with E-state index in [-0.39, 0.29) is 11.5 Å². The van der Waals surface area contributed by atoms with Gasteiger partial charge in [-0.1, -0.05) is 18.2 Å². The number of hydrogen-bond acceptors (Lipinski definition) is 5. The first-order valence-electron chi connectivity index (χ1n) is 11.3. The van der Waals surface area contributed by atoms with Crippen LogP contribution in [-0.4, -0.2) is 71.6 Å². The third kappa shape index (κ3) is 5.50. The highest BCUT2D eigenvalue weighted by atomic mass is 19.4. The predicted molar refractivity (Wildman–Crippen MR) is 116 cm³/mol. The average molecular weight is 480 g/mol. The van der Waals surface area contributed by atoms with Crippen molar-refractivity contribution in [2.24, 2.45) is 11.8 Å². The summed E-state index contributed by atoms with van der Waals surface area (Å²) in [4.78, 5) is 28.2. The van der Waals surface area contributed by atoms with Crippen molar-refractivity contribution in [3.8, 4) is 0 Å². The van der Waals surface area contributed by atoms with E-state index in [1.54, 1.807) is 6.20 Å². The monoisotopic (exact) mass is 480 g/mol. The molecule has 34 heavy (non-hydrogen) atoms. The molecular weight excluding hydrogens is 453 g/mol. The lowest BCUT2D eigenvalue weighted by Crippen LogP contribution is -2.66. The van der Waals surface area contributed by atoms with Gasteiger partial charge in [0.1, 0.15) is 5.60 Å². The molecular formula is C24H27F3N2O5. The van der Waals surface area contributed by atoms with Gasteiger partial charge < -0.3 is 19.5 Å². The number of carboxylic acid groups (broad SMARTS) is 1. The molecule has 10 heteroatoms. The Morgan fingerprint density at radius 3 is 2.56 bits per heavy atom. The zero-order valence-corrected chi connectivity index (χ0v) is 18.6. The van der Waals surface area contributed by atoms with Gasteiger partial charge in [-0.25, -0.2) is 4.79 Å². The Balaban J connectivity index is 0.000000344. The van der Waals surface area contributed by atoms with Crippen LogP contribution in [0, 0.1) is 11.8 Å². The summed E-state index contributed by atoms with van der Waals surface area (Å²) in [6, 6.07) is 9.65. The second-order valence-electron chi connectivity index (χ2n) is 9.05. The van der Waals surface area contributed by atoms with Crippen molar-refractivity contribution in [1.29, 1.82) is 0 Å². The van der Waals surface area contributed by atoms with E-state index in [0.717, 1.165) is 55.0 Å². The van der Waals surface area contributed by atoms with E-state index >= 15 is 0 Å². The number of amides is 1. The number of likely N-dealkylation sites (tertiary alicyclic amines) is 1. The van der Waals surface area contributed by atoms with E-state index in [0.29, 0.717) is 19.0 Å². The topological polar surface area (TPSA) is 89.0 Å². The van der Waals surface area contributed by atoms with Crippen LogP contribution < -0.4 is 0 Å². The van der Waals surface area contributed by atoms with Crippen molar-refractivity contribution in [1.82, 2.24) is 9.88 Å². The van der Waals surface area contributed by atoms with Gasteiger partial charge in [-0.05, 0) is 49.7 Å². The first-order chi connectivity index (χ1) is 16.2. The fourth-order valence-electron chi connectivity index (χ4n) is 4.50. The molecule has 1 amide bonds. The van der Waals surface area contributed by atoms with Crippen LogP contribution in [0.15, 0.2) is 36.5 Å². The van der Waals surface area contributed by atoms with Crippen LogP contribution in [-0.2, 0) is 14.3 Å². The maximum absolute atomic E-state index is 13.0. The van der Waals surface area contributed by atoms with Gasteiger partial charge in [0.05, 0.1) is 24.2 Å². The summed E-state index contributed by atoms with van der Waals surface area (Å²) < 4.78 is 43.7. The summed E-state index contributed by atoms with van der Waals surface area (Å²) in [7, 11) is 0. The van der Waals surface area contributed by atoms with Gasteiger partial charge in [0.25, 0.3) is 5.91 Å². The average Bonchev–Trinajstić information content (AvgIpc) is 3.51. The van der Waals surface area contributed by atoms with E-state index in [9.17, 15) is 18.0 Å². The quantitative estimate of drug-likeness (QED) is 0.631. The summed E-state index contributed by atoms with van der Waals surface area (Å²) in [5.41, 5.74) is 1.45. The number of ether oxygens (including phenoxy) is 2. The number of benzene rings is 1. The molecule has 0 radical (unpaired) electrons. The molecule has 2 saturated heterocycles. The molecule has 1 aromatic carbocycles. The standard InChI is InChI=1S/C22H26N2O3.C2HF3O2/c25-21(19-7-10-23-20-4-2-1-3-18(19)20)24-14-22(15-24)17(9-12-27-22)8-11-26-13-16-5-6-16;3-2(4,5)1(6)7/h1-4,7,10,16-17H,5-6,8-9,11-15H2;(H,6,7). The summed E-state index contributed by atoms with van der Waals surface area (Å²) in [5.74, 6) is -1.37. The normalized spacial score (nSPS) is 21.1. The molecule has 3 heterocycles. The highest BCUT2D eigenvalue weighted by molar-refractivity contribution is 6.06. The minimum absolute atomic E-state index is 0.0819. The molecule has 1 spiro atoms. The van der Waals surface area contributed by atoms with Gasteiger partial charge in [0.2, 0.25) is 0 Å². The van der Waals surface area contributed by atoms with E-state index in [1.807, 2.05) is 35.2 Å². The number of carbonyl (C=O) groups is 2. The lowest BCUT2D eigenvalue weighted by molar-refractivity contribution is -0.192. The van der Waals surface area contributed by atoms with Crippen LogP contribution in [0.3, 0.4) is 0 Å². The molecule has 1 aromatic heterocycles. The van der Waals surface area contributed by atoms with Crippen LogP contribution in [0.1, 0.15) is 36.0 Å². The van der Waals surface area contributed by atoms with Crippen molar-refractivity contribution in [2.75, 3.05) is 32.9 Å². The van der Waals surface area contributed by atoms with Crippen LogP contribution >= 0.6 is 0 Å². The van der Waals surface area contributed by atoms with E-state index < -0.39 is 12.1 Å². The second-order valence-corrected chi connectivity index (χ2v) is 9.05. The third-order valence-corrected chi connectivity index (χ3v) is 6.59. The van der Waals surface area contributed by atoms with Crippen molar-refractivity contribution >= 4 is 22.8 Å². The number of para-hydroxylation sites is 1. The number of nitrogens with zero attached hydrogens (tertiary/aromatic N) is 2. The zero-order chi connectivity index (χ0) is 24.3. The van der Waals surface area contributed by atoms with Gasteiger partial charge in [0, 0.05) is 31.4 Å². The number of carbonyl (C=O) groups excluding carboxylic acids is 1. The maximum atomic E-state index is 13.0. The molecule has 5 rings (SSSR count). The molecule has 1 saturated carbocycles. The number of alkyl halides is 3. The Bertz CT molecular complexity index is 1030. The molecule has 184 valence electrons. The molecule has 1 unspecified atom stereocenters. The molecule has 2 aliphatic heterocycles. The van der Waals surface area contributed by atoms with Crippen LogP contribution in [0.25, 0.3) is 10.9 Å². The summed E-state index contributed by atoms with van der Waals surface area (Å²) in [6.07, 6.45) is 1.41. The number of hydrogen-bond donors (Lipinski definition) is 1. The smallest absolute Gasteiger partial charge is 0.475 e. The zero-order valence-electron chi connectivity index (χ0n) is 18.6. The van der Waals surface area contributed by atoms with Gasteiger partial charge in [0.15, 0.2) is 0 Å². The Morgan fingerprint density at radius 1 is 1.18 bits per heavy atom. The summed E-state index contributed by atoms with van der Waals surface area (Å²) in [6.45, 7) is 3.91. The Kier molecular flexibility index (Phi) is 7.09. The van der Waals surface area contributed by atoms with Crippen molar-refractivity contribution in [3.05, 3.63) is 42.1 Å². The fourth-order valence-corrected chi connectivity index (χ4v) is 4.50. The van der Waals surface area contributed by atoms with Gasteiger partial charge in [-0.2, -0.15) is 13.2 Å². The molecule has 1 atom stereocenters. The number of rotatable bonds is 6. The summed E-state index contributed by atoms with van der Waals surface area (Å²) >= 11 is 0. The van der Waals surface area contributed by atoms with Crippen molar-refractivity contribution in [2.45, 2.75) is 37.5 Å². The molecule has 2 aromatic rings. The number of carboxylic acids is 1. The first-order valence-corrected chi connectivity index (χ1v) is 11.3. The van der Waals surface area contributed by atoms with E-state index in [4.69, 9.17) is 19.4 Å². The molecule has 7 nitrogen and oxygen atoms in total. The predicted octanol–water partition coefficient (Wildman–Crippen LogP) is 3.92. The minimum Gasteiger partial charge on any atom is -0.475 e. The Morgan fingerprint density at radius 2 is 1.88 bits per heavy atom. The minimum atomic E-state index is -5.08. The van der Waals surface area contributed by atoms with Crippen LogP contribution in [0.2, 0.25) is 0 Å². The first kappa shape index (κ1) is 24.4. The third-order valence-electron chi connectivity index (χ3n) is 6.59. The highest BCUT2D eigenvalue weighted by Gasteiger charge is 2.54. The molecule has 0 bridgehead atoms. The fraction of sp³-hybridized carbons (Fsp3) is 0.542. The van der Waals surface area contributed by atoms with Gasteiger partial charge >= 0.3 is 12.1 Å². The number of pyridine rings is 1. The summed E-state index contributed by atoms with van der Waals surface area (Å²) in [5, 5.41) is 8.04. The molecule has 1 aliphatic carbocycles. The Labute approximate surface area is 194 Å². The largest absolute Gasteiger partial charge is 0.490 e. The Hall–Kier alpha value is -2.72. The number of aliphatic carboxylic acids is 1. The van der Waals surface area contributed by atoms with Crippen molar-refractivity contribution in [3.63, 3.8) is 0 Å². The second kappa shape index (κ2) is 9.87. The lowest BCUT2D eigenvalue weighted by Gasteiger charge is -2.50.